The molecule has 0 aromatic carbocycles. The highest BCUT2D eigenvalue weighted by Crippen LogP contribution is 2.34. The summed E-state index contributed by atoms with van der Waals surface area (Å²) < 4.78 is 0. The van der Waals surface area contributed by atoms with Gasteiger partial charge in [-0.3, -0.25) is 15.2 Å². The zero-order valence-electron chi connectivity index (χ0n) is 16.7. The first-order valence-corrected chi connectivity index (χ1v) is 10.7. The number of carbonyl (C=O) groups excluding carboxylic acids is 1. The smallest absolute Gasteiger partial charge is 0.243 e. The van der Waals surface area contributed by atoms with Gasteiger partial charge in [0.25, 0.3) is 0 Å². The Labute approximate surface area is 170 Å². The van der Waals surface area contributed by atoms with E-state index in [1.54, 1.807) is 0 Å². The topological polar surface area (TPSA) is 91.1 Å². The lowest BCUT2D eigenvalue weighted by Crippen LogP contribution is -2.25. The SMILES string of the molecule is CC1=CC(C)C2C=C1C(C)=NCCCNC(=O)CCSc1ccc2nc(=N)n1. The molecule has 0 spiro atoms. The Morgan fingerprint density at radius 3 is 2.86 bits per heavy atom. The Balaban J connectivity index is 2.02. The molecular weight excluding hydrogens is 370 g/mol. The normalized spacial score (nSPS) is 23.8. The van der Waals surface area contributed by atoms with E-state index in [2.05, 4.69) is 41.3 Å². The van der Waals surface area contributed by atoms with Gasteiger partial charge in [0.05, 0.1) is 5.69 Å². The number of carbonyl (C=O) groups is 1. The van der Waals surface area contributed by atoms with Crippen molar-refractivity contribution in [3.05, 3.63) is 46.7 Å². The minimum Gasteiger partial charge on any atom is -0.356 e. The van der Waals surface area contributed by atoms with Crippen molar-refractivity contribution in [3.8, 4) is 0 Å². The van der Waals surface area contributed by atoms with Crippen LogP contribution in [0.25, 0.3) is 0 Å². The van der Waals surface area contributed by atoms with Gasteiger partial charge in [0.15, 0.2) is 0 Å². The number of aliphatic imine (C=N–C) groups is 1. The third kappa shape index (κ3) is 5.16. The fourth-order valence-corrected chi connectivity index (χ4v) is 4.35. The zero-order chi connectivity index (χ0) is 20.1. The standard InChI is InChI=1S/C21H27N5OS/c1-13-11-14(2)17-12-16(13)15(3)23-8-4-9-24-19(27)7-10-28-20-6-5-18(17)25-21(22)26-20/h5-6,11-12,14,17,22H,4,7-10H2,1-3H3,(H,24,27). The molecule has 28 heavy (non-hydrogen) atoms. The summed E-state index contributed by atoms with van der Waals surface area (Å²) in [6.07, 6.45) is 5.74. The summed E-state index contributed by atoms with van der Waals surface area (Å²) in [6.45, 7) is 7.65. The molecule has 1 aromatic heterocycles. The number of aromatic nitrogens is 2. The van der Waals surface area contributed by atoms with Crippen LogP contribution in [-0.2, 0) is 4.79 Å². The van der Waals surface area contributed by atoms with Crippen molar-refractivity contribution in [2.24, 2.45) is 10.9 Å². The number of nitrogens with one attached hydrogen (secondary N) is 2. The molecule has 4 bridgehead atoms. The van der Waals surface area contributed by atoms with Crippen LogP contribution in [0.15, 0.2) is 45.4 Å². The second-order valence-corrected chi connectivity index (χ2v) is 8.34. The Kier molecular flexibility index (Phi) is 6.78. The molecule has 0 radical (unpaired) electrons. The van der Waals surface area contributed by atoms with Crippen molar-refractivity contribution < 1.29 is 4.79 Å². The lowest BCUT2D eigenvalue weighted by Gasteiger charge is -2.25. The summed E-state index contributed by atoms with van der Waals surface area (Å²) in [5.74, 6) is 1.03. The maximum absolute atomic E-state index is 12.0. The molecule has 0 fully saturated rings. The fourth-order valence-electron chi connectivity index (χ4n) is 3.54. The second kappa shape index (κ2) is 9.28. The van der Waals surface area contributed by atoms with Gasteiger partial charge in [-0.1, -0.05) is 19.1 Å². The predicted molar refractivity (Wildman–Crippen MR) is 113 cm³/mol. The summed E-state index contributed by atoms with van der Waals surface area (Å²) in [4.78, 5) is 25.4. The number of allylic oxidation sites excluding steroid dienone is 4. The number of hydrogen-bond acceptors (Lipinski definition) is 6. The minimum atomic E-state index is 0.00637. The Morgan fingerprint density at radius 2 is 2.04 bits per heavy atom. The van der Waals surface area contributed by atoms with E-state index < -0.39 is 0 Å². The molecule has 1 aliphatic carbocycles. The van der Waals surface area contributed by atoms with Gasteiger partial charge in [-0.2, -0.15) is 0 Å². The molecule has 1 aliphatic heterocycles. The first kappa shape index (κ1) is 20.5. The van der Waals surface area contributed by atoms with Crippen molar-refractivity contribution >= 4 is 23.4 Å². The fraction of sp³-hybridized carbons (Fsp3) is 0.476. The number of rotatable bonds is 0. The summed E-state index contributed by atoms with van der Waals surface area (Å²) in [6, 6.07) is 3.87. The van der Waals surface area contributed by atoms with Gasteiger partial charge >= 0.3 is 0 Å². The lowest BCUT2D eigenvalue weighted by molar-refractivity contribution is -0.120. The molecule has 0 saturated heterocycles. The highest BCUT2D eigenvalue weighted by molar-refractivity contribution is 7.99. The first-order chi connectivity index (χ1) is 13.4. The van der Waals surface area contributed by atoms with Gasteiger partial charge < -0.3 is 5.32 Å². The van der Waals surface area contributed by atoms with Crippen LogP contribution >= 0.6 is 11.8 Å². The summed E-state index contributed by atoms with van der Waals surface area (Å²) in [5.41, 5.74) is 4.21. The lowest BCUT2D eigenvalue weighted by atomic mass is 9.80. The van der Waals surface area contributed by atoms with E-state index in [4.69, 9.17) is 10.4 Å². The van der Waals surface area contributed by atoms with E-state index in [0.717, 1.165) is 28.4 Å². The maximum Gasteiger partial charge on any atom is 0.243 e. The Bertz CT molecular complexity index is 906. The summed E-state index contributed by atoms with van der Waals surface area (Å²) >= 11 is 1.48. The quantitative estimate of drug-likeness (QED) is 0.704. The molecule has 2 atom stereocenters. The molecule has 1 amide bonds. The minimum absolute atomic E-state index is 0.00637. The van der Waals surface area contributed by atoms with E-state index in [1.807, 2.05) is 19.1 Å². The average molecular weight is 398 g/mol. The van der Waals surface area contributed by atoms with Gasteiger partial charge in [0, 0.05) is 36.9 Å². The van der Waals surface area contributed by atoms with Crippen LogP contribution in [-0.4, -0.2) is 40.4 Å². The van der Waals surface area contributed by atoms with Gasteiger partial charge in [-0.05, 0) is 49.5 Å². The van der Waals surface area contributed by atoms with Crippen LogP contribution in [0.1, 0.15) is 45.2 Å². The number of nitrogens with zero attached hydrogens (tertiary/aromatic N) is 3. The van der Waals surface area contributed by atoms with E-state index >= 15 is 0 Å². The molecule has 7 heteroatoms. The highest BCUT2D eigenvalue weighted by atomic mass is 32.2. The van der Waals surface area contributed by atoms with Gasteiger partial charge in [-0.15, -0.1) is 11.8 Å². The molecule has 0 saturated carbocycles. The molecule has 148 valence electrons. The van der Waals surface area contributed by atoms with Crippen molar-refractivity contribution in [1.82, 2.24) is 15.3 Å². The van der Waals surface area contributed by atoms with E-state index in [1.165, 1.54) is 17.3 Å². The van der Waals surface area contributed by atoms with E-state index in [-0.39, 0.29) is 23.4 Å². The molecule has 1 aromatic rings. The maximum atomic E-state index is 12.0. The van der Waals surface area contributed by atoms with Crippen LogP contribution in [0.4, 0.5) is 0 Å². The van der Waals surface area contributed by atoms with Gasteiger partial charge in [0.1, 0.15) is 5.03 Å². The molecule has 2 unspecified atom stereocenters. The third-order valence-corrected chi connectivity index (χ3v) is 5.95. The second-order valence-electron chi connectivity index (χ2n) is 7.23. The first-order valence-electron chi connectivity index (χ1n) is 9.69. The zero-order valence-corrected chi connectivity index (χ0v) is 17.5. The molecule has 2 aliphatic rings. The van der Waals surface area contributed by atoms with Crippen molar-refractivity contribution in [2.45, 2.75) is 44.6 Å². The number of fused-ring (bicyclic) bond motifs is 5. The highest BCUT2D eigenvalue weighted by Gasteiger charge is 2.24. The molecule has 2 heterocycles. The molecule has 2 N–H and O–H groups in total. The Hall–Kier alpha value is -2.28. The average Bonchev–Trinajstić information content (AvgIpc) is 2.82. The number of thioether (sulfide) groups is 1. The van der Waals surface area contributed by atoms with Crippen LogP contribution in [0.3, 0.4) is 0 Å². The van der Waals surface area contributed by atoms with Crippen LogP contribution in [0.5, 0.6) is 0 Å². The van der Waals surface area contributed by atoms with Crippen LogP contribution < -0.4 is 10.9 Å². The van der Waals surface area contributed by atoms with Crippen LogP contribution in [0, 0.1) is 11.3 Å². The number of amides is 1. The third-order valence-electron chi connectivity index (χ3n) is 5.01. The molecule has 6 nitrogen and oxygen atoms in total. The molecule has 3 rings (SSSR count). The molecular formula is C21H27N5OS. The van der Waals surface area contributed by atoms with Crippen molar-refractivity contribution in [2.75, 3.05) is 18.8 Å². The summed E-state index contributed by atoms with van der Waals surface area (Å²) in [7, 11) is 0. The summed E-state index contributed by atoms with van der Waals surface area (Å²) in [5, 5.41) is 11.8. The number of hydrogen-bond donors (Lipinski definition) is 2. The monoisotopic (exact) mass is 397 g/mol. The van der Waals surface area contributed by atoms with Crippen molar-refractivity contribution in [1.29, 1.82) is 5.41 Å². The Morgan fingerprint density at radius 1 is 1.21 bits per heavy atom. The van der Waals surface area contributed by atoms with E-state index in [9.17, 15) is 4.79 Å². The van der Waals surface area contributed by atoms with Gasteiger partial charge in [0.2, 0.25) is 11.5 Å². The predicted octanol–water partition coefficient (Wildman–Crippen LogP) is 3.03. The van der Waals surface area contributed by atoms with Crippen LogP contribution in [0.2, 0.25) is 0 Å². The van der Waals surface area contributed by atoms with Gasteiger partial charge in [-0.25, -0.2) is 9.97 Å². The van der Waals surface area contributed by atoms with Crippen molar-refractivity contribution in [3.63, 3.8) is 0 Å². The van der Waals surface area contributed by atoms with E-state index in [0.29, 0.717) is 25.3 Å². The largest absolute Gasteiger partial charge is 0.356 e.